The number of piperazine rings is 1. The van der Waals surface area contributed by atoms with E-state index in [1.54, 1.807) is 11.3 Å². The van der Waals surface area contributed by atoms with E-state index in [1.807, 2.05) is 30.0 Å². The molecule has 26 heavy (non-hydrogen) atoms. The van der Waals surface area contributed by atoms with Gasteiger partial charge in [0.2, 0.25) is 0 Å². The molecule has 5 rings (SSSR count). The zero-order valence-electron chi connectivity index (χ0n) is 14.2. The van der Waals surface area contributed by atoms with E-state index >= 15 is 0 Å². The highest BCUT2D eigenvalue weighted by Crippen LogP contribution is 2.35. The van der Waals surface area contributed by atoms with Crippen molar-refractivity contribution in [2.75, 3.05) is 31.1 Å². The van der Waals surface area contributed by atoms with Crippen molar-refractivity contribution in [3.8, 4) is 21.8 Å². The number of furan rings is 1. The van der Waals surface area contributed by atoms with Crippen LogP contribution in [0.1, 0.15) is 0 Å². The van der Waals surface area contributed by atoms with Gasteiger partial charge in [-0.25, -0.2) is 0 Å². The molecule has 0 atom stereocenters. The minimum atomic E-state index is 0.818. The van der Waals surface area contributed by atoms with Crippen LogP contribution in [0.3, 0.4) is 0 Å². The average Bonchev–Trinajstić information content (AvgIpc) is 3.38. The van der Waals surface area contributed by atoms with Crippen LogP contribution in [0.5, 0.6) is 0 Å². The van der Waals surface area contributed by atoms with Crippen molar-refractivity contribution in [2.45, 2.75) is 0 Å². The zero-order valence-corrected chi connectivity index (χ0v) is 15.0. The molecule has 1 aliphatic heterocycles. The summed E-state index contributed by atoms with van der Waals surface area (Å²) in [6.07, 6.45) is 3.69. The summed E-state index contributed by atoms with van der Waals surface area (Å²) in [5.74, 6) is 0.844. The van der Waals surface area contributed by atoms with Gasteiger partial charge in [0, 0.05) is 61.5 Å². The minimum Gasteiger partial charge on any atom is -0.454 e. The van der Waals surface area contributed by atoms with Crippen LogP contribution in [0.15, 0.2) is 58.7 Å². The Labute approximate surface area is 155 Å². The number of fused-ring (bicyclic) bond motifs is 1. The lowest BCUT2D eigenvalue weighted by Gasteiger charge is -2.29. The van der Waals surface area contributed by atoms with E-state index in [0.717, 1.165) is 59.0 Å². The molecular weight excluding hydrogens is 344 g/mol. The highest BCUT2D eigenvalue weighted by molar-refractivity contribution is 7.13. The van der Waals surface area contributed by atoms with E-state index in [9.17, 15) is 0 Å². The van der Waals surface area contributed by atoms with Gasteiger partial charge in [0.15, 0.2) is 5.58 Å². The molecule has 5 nitrogen and oxygen atoms in total. The fourth-order valence-corrected chi connectivity index (χ4v) is 4.03. The number of hydrogen-bond acceptors (Lipinski definition) is 6. The first-order valence-corrected chi connectivity index (χ1v) is 9.60. The number of nitrogens with one attached hydrogen (secondary N) is 1. The molecule has 130 valence electrons. The first-order valence-electron chi connectivity index (χ1n) is 8.72. The second-order valence-corrected chi connectivity index (χ2v) is 7.22. The molecule has 0 amide bonds. The van der Waals surface area contributed by atoms with Gasteiger partial charge >= 0.3 is 0 Å². The summed E-state index contributed by atoms with van der Waals surface area (Å²) < 4.78 is 6.19. The molecule has 0 saturated carbocycles. The van der Waals surface area contributed by atoms with E-state index in [4.69, 9.17) is 4.42 Å². The van der Waals surface area contributed by atoms with Gasteiger partial charge in [-0.15, -0.1) is 11.3 Å². The molecule has 1 aliphatic rings. The summed E-state index contributed by atoms with van der Waals surface area (Å²) in [7, 11) is 0. The van der Waals surface area contributed by atoms with Gasteiger partial charge in [0.25, 0.3) is 0 Å². The van der Waals surface area contributed by atoms with Gasteiger partial charge in [0.1, 0.15) is 11.3 Å². The maximum atomic E-state index is 6.19. The summed E-state index contributed by atoms with van der Waals surface area (Å²) in [5, 5.41) is 3.39. The predicted octanol–water partition coefficient (Wildman–Crippen LogP) is 4.03. The molecule has 4 heterocycles. The van der Waals surface area contributed by atoms with E-state index < -0.39 is 0 Å². The highest BCUT2D eigenvalue weighted by Gasteiger charge is 2.14. The molecule has 1 N–H and O–H groups in total. The first kappa shape index (κ1) is 15.5. The lowest BCUT2D eigenvalue weighted by atomic mass is 10.1. The molecule has 1 aromatic carbocycles. The predicted molar refractivity (Wildman–Crippen MR) is 106 cm³/mol. The fraction of sp³-hybridized carbons (Fsp3) is 0.200. The largest absolute Gasteiger partial charge is 0.454 e. The number of rotatable bonds is 3. The monoisotopic (exact) mass is 362 g/mol. The molecule has 0 aliphatic carbocycles. The maximum Gasteiger partial charge on any atom is 0.161 e. The van der Waals surface area contributed by atoms with Crippen LogP contribution in [0.25, 0.3) is 32.9 Å². The molecule has 4 aromatic rings. The summed E-state index contributed by atoms with van der Waals surface area (Å²) in [6, 6.07) is 12.6. The molecule has 1 saturated heterocycles. The van der Waals surface area contributed by atoms with Crippen molar-refractivity contribution in [3.63, 3.8) is 0 Å². The van der Waals surface area contributed by atoms with Gasteiger partial charge in [-0.2, -0.15) is 0 Å². The number of thiazole rings is 1. The molecule has 0 bridgehead atoms. The van der Waals surface area contributed by atoms with Crippen molar-refractivity contribution in [2.24, 2.45) is 0 Å². The number of aromatic nitrogens is 2. The topological polar surface area (TPSA) is 54.2 Å². The van der Waals surface area contributed by atoms with Gasteiger partial charge in [-0.3, -0.25) is 9.97 Å². The second-order valence-electron chi connectivity index (χ2n) is 6.33. The summed E-state index contributed by atoms with van der Waals surface area (Å²) in [6.45, 7) is 4.17. The smallest absolute Gasteiger partial charge is 0.161 e. The Morgan fingerprint density at radius 3 is 2.69 bits per heavy atom. The lowest BCUT2D eigenvalue weighted by Crippen LogP contribution is -2.43. The Bertz CT molecular complexity index is 1020. The summed E-state index contributed by atoms with van der Waals surface area (Å²) in [4.78, 5) is 12.1. The minimum absolute atomic E-state index is 0.818. The molecule has 0 unspecified atom stereocenters. The van der Waals surface area contributed by atoms with E-state index in [0.29, 0.717) is 0 Å². The first-order chi connectivity index (χ1) is 12.9. The number of benzene rings is 1. The third-order valence-corrected chi connectivity index (χ3v) is 5.55. The quantitative estimate of drug-likeness (QED) is 0.596. The highest BCUT2D eigenvalue weighted by atomic mass is 32.1. The van der Waals surface area contributed by atoms with Crippen molar-refractivity contribution in [3.05, 3.63) is 54.3 Å². The normalized spacial score (nSPS) is 14.8. The van der Waals surface area contributed by atoms with Crippen LogP contribution in [0.2, 0.25) is 0 Å². The Morgan fingerprint density at radius 1 is 1.08 bits per heavy atom. The van der Waals surface area contributed by atoms with Gasteiger partial charge in [-0.05, 0) is 30.3 Å². The number of anilines is 1. The Hall–Kier alpha value is -2.70. The van der Waals surface area contributed by atoms with Crippen LogP contribution in [0, 0.1) is 0 Å². The van der Waals surface area contributed by atoms with Gasteiger partial charge in [0.05, 0.1) is 10.4 Å². The Balaban J connectivity index is 1.50. The summed E-state index contributed by atoms with van der Waals surface area (Å²) in [5.41, 5.74) is 6.89. The van der Waals surface area contributed by atoms with E-state index in [2.05, 4.69) is 44.5 Å². The van der Waals surface area contributed by atoms with E-state index in [-0.39, 0.29) is 0 Å². The maximum absolute atomic E-state index is 6.19. The van der Waals surface area contributed by atoms with Gasteiger partial charge in [-0.1, -0.05) is 0 Å². The standard InChI is InChI=1S/C20H18N4OS/c1-3-15(24-9-7-21-8-10-24)4-2-14(1)18-11-17-20(25-18)16(5-6-23-17)19-12-22-13-26-19/h1-6,11-13,21H,7-10H2. The van der Waals surface area contributed by atoms with E-state index in [1.165, 1.54) is 5.69 Å². The van der Waals surface area contributed by atoms with Crippen LogP contribution in [-0.2, 0) is 0 Å². The Morgan fingerprint density at radius 2 is 1.92 bits per heavy atom. The fourth-order valence-electron chi connectivity index (χ4n) is 3.38. The molecule has 6 heteroatoms. The third kappa shape index (κ3) is 2.77. The molecular formula is C20H18N4OS. The summed E-state index contributed by atoms with van der Waals surface area (Å²) >= 11 is 1.60. The van der Waals surface area contributed by atoms with Crippen molar-refractivity contribution < 1.29 is 4.42 Å². The van der Waals surface area contributed by atoms with Crippen LogP contribution in [-0.4, -0.2) is 36.1 Å². The zero-order chi connectivity index (χ0) is 17.3. The number of hydrogen-bond donors (Lipinski definition) is 1. The molecule has 0 radical (unpaired) electrons. The Kier molecular flexibility index (Phi) is 3.92. The molecule has 1 fully saturated rings. The van der Waals surface area contributed by atoms with Gasteiger partial charge < -0.3 is 14.6 Å². The van der Waals surface area contributed by atoms with Crippen molar-refractivity contribution >= 4 is 28.1 Å². The van der Waals surface area contributed by atoms with Crippen LogP contribution < -0.4 is 10.2 Å². The number of nitrogens with zero attached hydrogens (tertiary/aromatic N) is 3. The average molecular weight is 362 g/mol. The van der Waals surface area contributed by atoms with Crippen molar-refractivity contribution in [1.29, 1.82) is 0 Å². The van der Waals surface area contributed by atoms with Crippen molar-refractivity contribution in [1.82, 2.24) is 15.3 Å². The third-order valence-electron chi connectivity index (χ3n) is 4.74. The number of pyridine rings is 1. The lowest BCUT2D eigenvalue weighted by molar-refractivity contribution is 0.589. The van der Waals surface area contributed by atoms with Crippen LogP contribution >= 0.6 is 11.3 Å². The van der Waals surface area contributed by atoms with Crippen LogP contribution in [0.4, 0.5) is 5.69 Å². The SMILES string of the molecule is c1cc(-c2cncs2)c2oc(-c3ccc(N4CCNCC4)cc3)cc2n1. The molecule has 0 spiro atoms. The molecule has 3 aromatic heterocycles. The second kappa shape index (κ2) is 6.55.